The summed E-state index contributed by atoms with van der Waals surface area (Å²) in [6.45, 7) is 5.82. The highest BCUT2D eigenvalue weighted by atomic mass is 19.4. The molecule has 0 aliphatic carbocycles. The number of piperidine rings is 1. The minimum absolute atomic E-state index is 0.203. The molecule has 0 aromatic heterocycles. The average Bonchev–Trinajstić information content (AvgIpc) is 2.36. The molecule has 19 heavy (non-hydrogen) atoms. The molecule has 2 N–H and O–H groups in total. The summed E-state index contributed by atoms with van der Waals surface area (Å²) in [6.07, 6.45) is -0.458. The summed E-state index contributed by atoms with van der Waals surface area (Å²) in [4.78, 5) is 2.32. The fraction of sp³-hybridized carbons (Fsp3) is 1.00. The highest BCUT2D eigenvalue weighted by molar-refractivity contribution is 4.85. The number of likely N-dealkylation sites (tertiary alicyclic amines) is 1. The normalized spacial score (nSPS) is 27.5. The minimum Gasteiger partial charge on any atom is -0.329 e. The van der Waals surface area contributed by atoms with Crippen LogP contribution in [0.15, 0.2) is 0 Å². The van der Waals surface area contributed by atoms with Gasteiger partial charge in [0.15, 0.2) is 0 Å². The third-order valence-corrected chi connectivity index (χ3v) is 4.37. The smallest absolute Gasteiger partial charge is 0.329 e. The third-order valence-electron chi connectivity index (χ3n) is 4.37. The van der Waals surface area contributed by atoms with Crippen molar-refractivity contribution in [2.24, 2.45) is 11.7 Å². The molecule has 0 spiro atoms. The van der Waals surface area contributed by atoms with Gasteiger partial charge < -0.3 is 5.73 Å². The Morgan fingerprint density at radius 2 is 2.05 bits per heavy atom. The van der Waals surface area contributed by atoms with Crippen molar-refractivity contribution in [3.05, 3.63) is 0 Å². The van der Waals surface area contributed by atoms with E-state index in [0.717, 1.165) is 25.3 Å². The summed E-state index contributed by atoms with van der Waals surface area (Å²) in [6, 6.07) is 0.549. The van der Waals surface area contributed by atoms with Gasteiger partial charge in [-0.1, -0.05) is 13.3 Å². The Labute approximate surface area is 114 Å². The number of nitrogens with zero attached hydrogens (tertiary/aromatic N) is 1. The van der Waals surface area contributed by atoms with Crippen LogP contribution in [0.4, 0.5) is 13.2 Å². The number of alkyl halides is 3. The second-order valence-corrected chi connectivity index (χ2v) is 5.78. The zero-order chi connectivity index (χ0) is 14.5. The van der Waals surface area contributed by atoms with Crippen molar-refractivity contribution in [1.29, 1.82) is 0 Å². The first-order valence-electron chi connectivity index (χ1n) is 7.40. The van der Waals surface area contributed by atoms with E-state index < -0.39 is 12.6 Å². The van der Waals surface area contributed by atoms with Gasteiger partial charge in [0.1, 0.15) is 0 Å². The van der Waals surface area contributed by atoms with Crippen LogP contribution in [0.25, 0.3) is 0 Å². The van der Waals surface area contributed by atoms with Gasteiger partial charge in [-0.3, -0.25) is 4.90 Å². The van der Waals surface area contributed by atoms with Crippen LogP contribution in [0.3, 0.4) is 0 Å². The molecule has 0 amide bonds. The number of hydrogen-bond donors (Lipinski definition) is 1. The SMILES string of the molecule is CCC1CCN(C(C)CCCC(F)(F)F)C(CN)C1. The first kappa shape index (κ1) is 16.8. The minimum atomic E-state index is -4.03. The van der Waals surface area contributed by atoms with Gasteiger partial charge >= 0.3 is 6.18 Å². The van der Waals surface area contributed by atoms with Crippen LogP contribution in [-0.4, -0.2) is 36.2 Å². The van der Waals surface area contributed by atoms with Crippen molar-refractivity contribution in [1.82, 2.24) is 4.90 Å². The zero-order valence-electron chi connectivity index (χ0n) is 12.0. The Balaban J connectivity index is 2.40. The Hall–Kier alpha value is -0.290. The van der Waals surface area contributed by atoms with Gasteiger partial charge in [-0.05, 0) is 45.1 Å². The van der Waals surface area contributed by atoms with Gasteiger partial charge in [-0.15, -0.1) is 0 Å². The zero-order valence-corrected chi connectivity index (χ0v) is 12.0. The lowest BCUT2D eigenvalue weighted by Crippen LogP contribution is -2.50. The third kappa shape index (κ3) is 5.69. The van der Waals surface area contributed by atoms with Crippen molar-refractivity contribution < 1.29 is 13.2 Å². The predicted molar refractivity (Wildman–Crippen MR) is 71.9 cm³/mol. The molecule has 0 aromatic rings. The number of nitrogens with two attached hydrogens (primary N) is 1. The van der Waals surface area contributed by atoms with Gasteiger partial charge in [0, 0.05) is 25.0 Å². The van der Waals surface area contributed by atoms with E-state index in [1.165, 1.54) is 6.42 Å². The molecule has 0 aromatic carbocycles. The summed E-state index contributed by atoms with van der Waals surface area (Å²) < 4.78 is 36.5. The molecule has 5 heteroatoms. The van der Waals surface area contributed by atoms with E-state index in [0.29, 0.717) is 19.0 Å². The van der Waals surface area contributed by atoms with Crippen LogP contribution in [0.2, 0.25) is 0 Å². The summed E-state index contributed by atoms with van der Waals surface area (Å²) in [7, 11) is 0. The van der Waals surface area contributed by atoms with E-state index >= 15 is 0 Å². The number of hydrogen-bond acceptors (Lipinski definition) is 2. The maximum Gasteiger partial charge on any atom is 0.389 e. The Morgan fingerprint density at radius 1 is 1.37 bits per heavy atom. The van der Waals surface area contributed by atoms with Crippen LogP contribution < -0.4 is 5.73 Å². The lowest BCUT2D eigenvalue weighted by atomic mass is 9.87. The van der Waals surface area contributed by atoms with Crippen LogP contribution in [-0.2, 0) is 0 Å². The quantitative estimate of drug-likeness (QED) is 0.806. The van der Waals surface area contributed by atoms with Crippen LogP contribution in [0.5, 0.6) is 0 Å². The summed E-state index contributed by atoms with van der Waals surface area (Å²) in [5.74, 6) is 0.729. The highest BCUT2D eigenvalue weighted by Gasteiger charge is 2.31. The first-order chi connectivity index (χ1) is 8.87. The molecule has 1 rings (SSSR count). The maximum atomic E-state index is 12.2. The molecule has 1 heterocycles. The second kappa shape index (κ2) is 7.48. The number of rotatable bonds is 6. The van der Waals surface area contributed by atoms with Gasteiger partial charge in [-0.2, -0.15) is 13.2 Å². The molecule has 0 bridgehead atoms. The Kier molecular flexibility index (Phi) is 6.60. The number of halogens is 3. The molecule has 1 aliphatic rings. The van der Waals surface area contributed by atoms with Crippen LogP contribution in [0, 0.1) is 5.92 Å². The fourth-order valence-electron chi connectivity index (χ4n) is 3.10. The highest BCUT2D eigenvalue weighted by Crippen LogP contribution is 2.29. The second-order valence-electron chi connectivity index (χ2n) is 5.78. The monoisotopic (exact) mass is 280 g/mol. The largest absolute Gasteiger partial charge is 0.389 e. The van der Waals surface area contributed by atoms with Crippen molar-refractivity contribution >= 4 is 0 Å². The van der Waals surface area contributed by atoms with E-state index in [2.05, 4.69) is 11.8 Å². The van der Waals surface area contributed by atoms with Gasteiger partial charge in [-0.25, -0.2) is 0 Å². The topological polar surface area (TPSA) is 29.3 Å². The van der Waals surface area contributed by atoms with Crippen LogP contribution in [0.1, 0.15) is 52.4 Å². The van der Waals surface area contributed by atoms with Crippen LogP contribution >= 0.6 is 0 Å². The Morgan fingerprint density at radius 3 is 2.58 bits per heavy atom. The molecule has 3 atom stereocenters. The summed E-state index contributed by atoms with van der Waals surface area (Å²) >= 11 is 0. The predicted octanol–water partition coefficient (Wildman–Crippen LogP) is 3.56. The molecule has 2 nitrogen and oxygen atoms in total. The molecule has 0 radical (unpaired) electrons. The molecular weight excluding hydrogens is 253 g/mol. The van der Waals surface area contributed by atoms with Crippen molar-refractivity contribution in [3.63, 3.8) is 0 Å². The molecule has 114 valence electrons. The van der Waals surface area contributed by atoms with Crippen molar-refractivity contribution in [2.75, 3.05) is 13.1 Å². The molecule has 1 aliphatic heterocycles. The van der Waals surface area contributed by atoms with Gasteiger partial charge in [0.05, 0.1) is 0 Å². The summed E-state index contributed by atoms with van der Waals surface area (Å²) in [5, 5.41) is 0. The van der Waals surface area contributed by atoms with E-state index in [1.54, 1.807) is 0 Å². The maximum absolute atomic E-state index is 12.2. The lowest BCUT2D eigenvalue weighted by molar-refractivity contribution is -0.136. The summed E-state index contributed by atoms with van der Waals surface area (Å²) in [5.41, 5.74) is 5.82. The first-order valence-corrected chi connectivity index (χ1v) is 7.40. The van der Waals surface area contributed by atoms with Gasteiger partial charge in [0.25, 0.3) is 0 Å². The van der Waals surface area contributed by atoms with E-state index in [1.807, 2.05) is 6.92 Å². The standard InChI is InChI=1S/C14H27F3N2/c1-3-12-6-8-19(13(9-12)10-18)11(2)5-4-7-14(15,16)17/h11-13H,3-10,18H2,1-2H3. The molecule has 0 saturated carbocycles. The van der Waals surface area contributed by atoms with E-state index in [9.17, 15) is 13.2 Å². The Bertz CT molecular complexity index is 256. The van der Waals surface area contributed by atoms with Crippen molar-refractivity contribution in [3.8, 4) is 0 Å². The molecular formula is C14H27F3N2. The molecule has 1 fully saturated rings. The van der Waals surface area contributed by atoms with Gasteiger partial charge in [0.2, 0.25) is 0 Å². The molecule has 1 saturated heterocycles. The fourth-order valence-corrected chi connectivity index (χ4v) is 3.10. The average molecular weight is 280 g/mol. The lowest BCUT2D eigenvalue weighted by Gasteiger charge is -2.42. The van der Waals surface area contributed by atoms with E-state index in [4.69, 9.17) is 5.73 Å². The van der Waals surface area contributed by atoms with E-state index in [-0.39, 0.29) is 12.5 Å². The van der Waals surface area contributed by atoms with Crippen molar-refractivity contribution in [2.45, 2.75) is 70.6 Å². The molecule has 3 unspecified atom stereocenters.